The lowest BCUT2D eigenvalue weighted by atomic mass is 10.0. The highest BCUT2D eigenvalue weighted by molar-refractivity contribution is 5.78. The van der Waals surface area contributed by atoms with Gasteiger partial charge in [-0.1, -0.05) is 12.1 Å². The lowest BCUT2D eigenvalue weighted by Gasteiger charge is -2.32. The number of likely N-dealkylation sites (N-methyl/N-ethyl adjacent to an activating group) is 1. The Morgan fingerprint density at radius 3 is 2.90 bits per heavy atom. The fourth-order valence-electron chi connectivity index (χ4n) is 2.88. The molecule has 0 atom stereocenters. The zero-order chi connectivity index (χ0) is 14.7. The van der Waals surface area contributed by atoms with Gasteiger partial charge >= 0.3 is 0 Å². The van der Waals surface area contributed by atoms with E-state index in [9.17, 15) is 4.79 Å². The molecule has 1 N–H and O–H groups in total. The summed E-state index contributed by atoms with van der Waals surface area (Å²) >= 11 is 0. The Bertz CT molecular complexity index is 510. The van der Waals surface area contributed by atoms with E-state index >= 15 is 0 Å². The number of hydrogen-bond donors (Lipinski definition) is 1. The highest BCUT2D eigenvalue weighted by Gasteiger charge is 2.20. The van der Waals surface area contributed by atoms with Crippen LogP contribution in [-0.4, -0.2) is 62.1 Å². The molecule has 21 heavy (non-hydrogen) atoms. The summed E-state index contributed by atoms with van der Waals surface area (Å²) in [7, 11) is 2.08. The predicted octanol–water partition coefficient (Wildman–Crippen LogP) is 1.20. The van der Waals surface area contributed by atoms with Gasteiger partial charge in [0, 0.05) is 32.7 Å². The Hall–Kier alpha value is -1.75. The first-order valence-electron chi connectivity index (χ1n) is 7.69. The third-order valence-electron chi connectivity index (χ3n) is 4.24. The number of anilines is 1. The number of carbonyl (C=O) groups excluding carboxylic acids is 1. The number of amides is 1. The molecule has 0 aliphatic carbocycles. The smallest absolute Gasteiger partial charge is 0.260 e. The van der Waals surface area contributed by atoms with Crippen LogP contribution in [0.1, 0.15) is 12.0 Å². The Morgan fingerprint density at radius 2 is 2.10 bits per heavy atom. The van der Waals surface area contributed by atoms with Gasteiger partial charge in [-0.15, -0.1) is 0 Å². The number of fused-ring (bicyclic) bond motifs is 1. The van der Waals surface area contributed by atoms with Crippen molar-refractivity contribution < 1.29 is 9.53 Å². The minimum Gasteiger partial charge on any atom is -0.482 e. The number of nitrogens with one attached hydrogen (secondary N) is 1. The lowest BCUT2D eigenvalue weighted by Crippen LogP contribution is -2.48. The molecule has 5 heteroatoms. The van der Waals surface area contributed by atoms with Crippen LogP contribution in [0.4, 0.5) is 5.69 Å². The first-order valence-corrected chi connectivity index (χ1v) is 7.69. The predicted molar refractivity (Wildman–Crippen MR) is 82.8 cm³/mol. The van der Waals surface area contributed by atoms with E-state index < -0.39 is 0 Å². The van der Waals surface area contributed by atoms with Gasteiger partial charge in [0.1, 0.15) is 5.75 Å². The molecule has 3 rings (SSSR count). The first-order chi connectivity index (χ1) is 10.2. The molecule has 5 nitrogen and oxygen atoms in total. The van der Waals surface area contributed by atoms with Gasteiger partial charge in [0.2, 0.25) is 0 Å². The molecule has 0 bridgehead atoms. The van der Waals surface area contributed by atoms with Crippen LogP contribution in [0.15, 0.2) is 18.2 Å². The van der Waals surface area contributed by atoms with E-state index in [-0.39, 0.29) is 12.5 Å². The second-order valence-corrected chi connectivity index (χ2v) is 5.79. The van der Waals surface area contributed by atoms with Crippen molar-refractivity contribution in [1.82, 2.24) is 9.80 Å². The number of hydrogen-bond acceptors (Lipinski definition) is 4. The highest BCUT2D eigenvalue weighted by Crippen LogP contribution is 2.31. The molecule has 2 aliphatic rings. The molecule has 0 unspecified atom stereocenters. The van der Waals surface area contributed by atoms with Crippen LogP contribution in [0.3, 0.4) is 0 Å². The topological polar surface area (TPSA) is 44.8 Å². The van der Waals surface area contributed by atoms with Crippen LogP contribution < -0.4 is 10.1 Å². The first kappa shape index (κ1) is 14.2. The SMILES string of the molecule is CN1CCN(C(=O)COc2cccc3c2NCCC3)CC1. The van der Waals surface area contributed by atoms with Crippen LogP contribution in [-0.2, 0) is 11.2 Å². The number of aryl methyl sites for hydroxylation is 1. The number of para-hydroxylation sites is 1. The number of nitrogens with zero attached hydrogens (tertiary/aromatic N) is 2. The highest BCUT2D eigenvalue weighted by atomic mass is 16.5. The largest absolute Gasteiger partial charge is 0.482 e. The average Bonchev–Trinajstić information content (AvgIpc) is 2.53. The van der Waals surface area contributed by atoms with Gasteiger partial charge in [0.05, 0.1) is 5.69 Å². The maximum Gasteiger partial charge on any atom is 0.260 e. The standard InChI is InChI=1S/C16H23N3O2/c1-18-8-10-19(11-9-18)15(20)12-21-14-6-2-4-13-5-3-7-17-16(13)14/h2,4,6,17H,3,5,7-12H2,1H3. The second kappa shape index (κ2) is 6.35. The molecule has 1 fully saturated rings. The van der Waals surface area contributed by atoms with Crippen molar-refractivity contribution in [3.05, 3.63) is 23.8 Å². The average molecular weight is 289 g/mol. The fraction of sp³-hybridized carbons (Fsp3) is 0.562. The van der Waals surface area contributed by atoms with E-state index in [0.717, 1.165) is 57.0 Å². The van der Waals surface area contributed by atoms with E-state index in [2.05, 4.69) is 23.3 Å². The number of ether oxygens (including phenoxy) is 1. The quantitative estimate of drug-likeness (QED) is 0.908. The number of piperazine rings is 1. The molecule has 2 heterocycles. The summed E-state index contributed by atoms with van der Waals surface area (Å²) in [6.07, 6.45) is 2.22. The molecule has 1 amide bonds. The molecule has 1 saturated heterocycles. The van der Waals surface area contributed by atoms with Gasteiger partial charge in [0.15, 0.2) is 6.61 Å². The maximum atomic E-state index is 12.2. The molecule has 0 saturated carbocycles. The molecular formula is C16H23N3O2. The molecule has 0 spiro atoms. The van der Waals surface area contributed by atoms with Crippen LogP contribution in [0.25, 0.3) is 0 Å². The summed E-state index contributed by atoms with van der Waals surface area (Å²) in [6.45, 7) is 4.57. The second-order valence-electron chi connectivity index (χ2n) is 5.79. The van der Waals surface area contributed by atoms with E-state index in [1.54, 1.807) is 0 Å². The maximum absolute atomic E-state index is 12.2. The normalized spacial score (nSPS) is 18.8. The van der Waals surface area contributed by atoms with Gasteiger partial charge in [-0.05, 0) is 31.5 Å². The van der Waals surface area contributed by atoms with Gasteiger partial charge in [-0.25, -0.2) is 0 Å². The zero-order valence-corrected chi connectivity index (χ0v) is 12.6. The zero-order valence-electron chi connectivity index (χ0n) is 12.6. The third-order valence-corrected chi connectivity index (χ3v) is 4.24. The summed E-state index contributed by atoms with van der Waals surface area (Å²) in [5.74, 6) is 0.881. The number of benzene rings is 1. The van der Waals surface area contributed by atoms with E-state index in [1.807, 2.05) is 17.0 Å². The van der Waals surface area contributed by atoms with E-state index in [4.69, 9.17) is 4.74 Å². The van der Waals surface area contributed by atoms with Gasteiger partial charge in [-0.2, -0.15) is 0 Å². The number of carbonyl (C=O) groups is 1. The number of rotatable bonds is 3. The van der Waals surface area contributed by atoms with Crippen molar-refractivity contribution in [2.45, 2.75) is 12.8 Å². The van der Waals surface area contributed by atoms with E-state index in [1.165, 1.54) is 5.56 Å². The third kappa shape index (κ3) is 3.29. The van der Waals surface area contributed by atoms with E-state index in [0.29, 0.717) is 0 Å². The van der Waals surface area contributed by atoms with Crippen molar-refractivity contribution in [2.75, 3.05) is 51.7 Å². The Kier molecular flexibility index (Phi) is 4.29. The van der Waals surface area contributed by atoms with Crippen molar-refractivity contribution in [2.24, 2.45) is 0 Å². The summed E-state index contributed by atoms with van der Waals surface area (Å²) in [5.41, 5.74) is 2.35. The minimum absolute atomic E-state index is 0.0801. The monoisotopic (exact) mass is 289 g/mol. The molecule has 114 valence electrons. The van der Waals surface area contributed by atoms with Crippen molar-refractivity contribution in [3.63, 3.8) is 0 Å². The molecule has 1 aromatic carbocycles. The van der Waals surface area contributed by atoms with Crippen LogP contribution >= 0.6 is 0 Å². The lowest BCUT2D eigenvalue weighted by molar-refractivity contribution is -0.134. The summed E-state index contributed by atoms with van der Waals surface area (Å²) in [4.78, 5) is 16.3. The van der Waals surface area contributed by atoms with Crippen molar-refractivity contribution in [1.29, 1.82) is 0 Å². The van der Waals surface area contributed by atoms with Crippen LogP contribution in [0.2, 0.25) is 0 Å². The summed E-state index contributed by atoms with van der Waals surface area (Å²) in [6, 6.07) is 6.06. The summed E-state index contributed by atoms with van der Waals surface area (Å²) < 4.78 is 5.78. The molecular weight excluding hydrogens is 266 g/mol. The van der Waals surface area contributed by atoms with Gasteiger partial charge < -0.3 is 19.9 Å². The molecule has 2 aliphatic heterocycles. The molecule has 0 radical (unpaired) electrons. The van der Waals surface area contributed by atoms with Crippen molar-refractivity contribution >= 4 is 11.6 Å². The minimum atomic E-state index is 0.0801. The van der Waals surface area contributed by atoms with Crippen LogP contribution in [0, 0.1) is 0 Å². The Balaban J connectivity index is 1.59. The molecule has 1 aromatic rings. The fourth-order valence-corrected chi connectivity index (χ4v) is 2.88. The van der Waals surface area contributed by atoms with Crippen LogP contribution in [0.5, 0.6) is 5.75 Å². The molecule has 0 aromatic heterocycles. The summed E-state index contributed by atoms with van der Waals surface area (Å²) in [5, 5.41) is 3.38. The van der Waals surface area contributed by atoms with Gasteiger partial charge in [0.25, 0.3) is 5.91 Å². The Morgan fingerprint density at radius 1 is 1.29 bits per heavy atom. The van der Waals surface area contributed by atoms with Crippen molar-refractivity contribution in [3.8, 4) is 5.75 Å². The Labute approximate surface area is 125 Å². The van der Waals surface area contributed by atoms with Gasteiger partial charge in [-0.3, -0.25) is 4.79 Å².